The molecule has 1 amide bonds. The maximum absolute atomic E-state index is 12.4. The van der Waals surface area contributed by atoms with Gasteiger partial charge >= 0.3 is 0 Å². The van der Waals surface area contributed by atoms with Crippen LogP contribution in [0.5, 0.6) is 0 Å². The summed E-state index contributed by atoms with van der Waals surface area (Å²) >= 11 is 8.78. The van der Waals surface area contributed by atoms with E-state index in [1.54, 1.807) is 6.07 Å². The van der Waals surface area contributed by atoms with Crippen LogP contribution in [-0.2, 0) is 4.79 Å². The summed E-state index contributed by atoms with van der Waals surface area (Å²) in [6.45, 7) is 3.78. The highest BCUT2D eigenvalue weighted by molar-refractivity contribution is 7.99. The Balaban J connectivity index is 1.66. The van der Waals surface area contributed by atoms with E-state index >= 15 is 0 Å². The number of nitrogens with two attached hydrogens (primary N) is 1. The maximum atomic E-state index is 12.4. The monoisotopic (exact) mass is 482 g/mol. The van der Waals surface area contributed by atoms with Crippen LogP contribution in [0.15, 0.2) is 34.7 Å². The van der Waals surface area contributed by atoms with Gasteiger partial charge in [-0.3, -0.25) is 4.79 Å². The Morgan fingerprint density at radius 2 is 1.97 bits per heavy atom. The highest BCUT2D eigenvalue weighted by atomic mass is 35.5. The van der Waals surface area contributed by atoms with Crippen molar-refractivity contribution in [2.75, 3.05) is 16.8 Å². The number of benzene rings is 1. The summed E-state index contributed by atoms with van der Waals surface area (Å²) in [6, 6.07) is 11.6. The highest BCUT2D eigenvalue weighted by Gasteiger charge is 2.21. The summed E-state index contributed by atoms with van der Waals surface area (Å²) in [5.41, 5.74) is 8.59. The molecule has 32 heavy (non-hydrogen) atoms. The molecule has 0 radical (unpaired) electrons. The Hall–Kier alpha value is -3.11. The van der Waals surface area contributed by atoms with E-state index in [1.165, 1.54) is 23.1 Å². The van der Waals surface area contributed by atoms with Gasteiger partial charge in [-0.1, -0.05) is 43.6 Å². The minimum absolute atomic E-state index is 0.0653. The van der Waals surface area contributed by atoms with E-state index in [-0.39, 0.29) is 29.6 Å². The molecule has 3 aromatic rings. The first-order chi connectivity index (χ1) is 15.3. The Morgan fingerprint density at radius 1 is 1.25 bits per heavy atom. The van der Waals surface area contributed by atoms with Crippen molar-refractivity contribution in [3.05, 3.63) is 51.4 Å². The minimum atomic E-state index is -0.207. The Bertz CT molecular complexity index is 1240. The molecule has 0 aliphatic carbocycles. The predicted octanol–water partition coefficient (Wildman–Crippen LogP) is 5.43. The summed E-state index contributed by atoms with van der Waals surface area (Å²) in [4.78, 5) is 21.0. The summed E-state index contributed by atoms with van der Waals surface area (Å²) in [7, 11) is 0. The second kappa shape index (κ2) is 10.5. The van der Waals surface area contributed by atoms with Crippen molar-refractivity contribution in [3.63, 3.8) is 0 Å². The number of nitriles is 2. The molecule has 162 valence electrons. The van der Waals surface area contributed by atoms with Crippen LogP contribution in [0.4, 0.5) is 10.9 Å². The smallest absolute Gasteiger partial charge is 0.226 e. The number of aromatic nitrogens is 2. The van der Waals surface area contributed by atoms with Crippen molar-refractivity contribution in [2.24, 2.45) is 0 Å². The zero-order valence-corrected chi connectivity index (χ0v) is 19.7. The number of thiazole rings is 1. The third kappa shape index (κ3) is 5.20. The van der Waals surface area contributed by atoms with Gasteiger partial charge in [0.05, 0.1) is 16.8 Å². The van der Waals surface area contributed by atoms with E-state index in [0.29, 0.717) is 37.8 Å². The Labute approximate surface area is 199 Å². The van der Waals surface area contributed by atoms with Crippen LogP contribution in [0, 0.1) is 22.7 Å². The molecule has 0 saturated carbocycles. The fraction of sp³-hybridized carbons (Fsp3) is 0.227. The van der Waals surface area contributed by atoms with Gasteiger partial charge in [0.1, 0.15) is 23.0 Å². The molecule has 7 nitrogen and oxygen atoms in total. The van der Waals surface area contributed by atoms with Crippen LogP contribution >= 0.6 is 34.7 Å². The van der Waals surface area contributed by atoms with Gasteiger partial charge in [-0.25, -0.2) is 9.97 Å². The van der Waals surface area contributed by atoms with Crippen molar-refractivity contribution in [2.45, 2.75) is 31.2 Å². The first-order valence-corrected chi connectivity index (χ1v) is 11.9. The molecule has 2 heterocycles. The number of nitrogens with one attached hydrogen (secondary N) is 1. The molecule has 0 spiro atoms. The van der Waals surface area contributed by atoms with Gasteiger partial charge in [-0.2, -0.15) is 10.5 Å². The molecular formula is C22H19ClN6OS2. The molecule has 0 fully saturated rings. The molecule has 0 aliphatic heterocycles. The average molecular weight is 483 g/mol. The SMILES string of the molecule is CC(C)c1c(C#N)c(N)nc(SCCC(=O)Nc2nc(-c3ccccc3Cl)cs2)c1C#N. The second-order valence-electron chi connectivity index (χ2n) is 7.01. The number of carbonyl (C=O) groups is 1. The molecule has 10 heteroatoms. The predicted molar refractivity (Wildman–Crippen MR) is 129 cm³/mol. The molecule has 0 aliphatic rings. The van der Waals surface area contributed by atoms with E-state index in [0.717, 1.165) is 5.56 Å². The number of carbonyl (C=O) groups excluding carboxylic acids is 1. The lowest BCUT2D eigenvalue weighted by Crippen LogP contribution is -2.12. The number of hydrogen-bond acceptors (Lipinski definition) is 8. The number of hydrogen-bond donors (Lipinski definition) is 2. The summed E-state index contributed by atoms with van der Waals surface area (Å²) < 4.78 is 0. The van der Waals surface area contributed by atoms with E-state index < -0.39 is 0 Å². The van der Waals surface area contributed by atoms with Crippen molar-refractivity contribution >= 4 is 51.6 Å². The Morgan fingerprint density at radius 3 is 2.62 bits per heavy atom. The zero-order chi connectivity index (χ0) is 23.3. The van der Waals surface area contributed by atoms with Gasteiger partial charge in [-0.15, -0.1) is 23.1 Å². The fourth-order valence-electron chi connectivity index (χ4n) is 3.05. The molecule has 3 N–H and O–H groups in total. The molecular weight excluding hydrogens is 464 g/mol. The van der Waals surface area contributed by atoms with Crippen LogP contribution in [0.25, 0.3) is 11.3 Å². The number of nitrogens with zero attached hydrogens (tertiary/aromatic N) is 4. The second-order valence-corrected chi connectivity index (χ2v) is 9.36. The maximum Gasteiger partial charge on any atom is 0.226 e. The van der Waals surface area contributed by atoms with Gasteiger partial charge in [0.2, 0.25) is 5.91 Å². The third-order valence-electron chi connectivity index (χ3n) is 4.50. The normalized spacial score (nSPS) is 10.6. The lowest BCUT2D eigenvalue weighted by Gasteiger charge is -2.15. The number of anilines is 2. The molecule has 0 atom stereocenters. The number of nitrogen functional groups attached to an aromatic ring is 1. The standard InChI is InChI=1S/C22H19ClN6OS2/c1-12(2)19-14(9-24)20(26)29-21(15(19)10-25)31-8-7-18(30)28-22-27-17(11-32-22)13-5-3-4-6-16(13)23/h3-6,11-12H,7-8H2,1-2H3,(H2,26,29)(H,27,28,30). The number of halogens is 1. The number of rotatable bonds is 7. The number of pyridine rings is 1. The first-order valence-electron chi connectivity index (χ1n) is 9.62. The summed E-state index contributed by atoms with van der Waals surface area (Å²) in [5.74, 6) is 0.211. The first kappa shape index (κ1) is 23.6. The van der Waals surface area contributed by atoms with Gasteiger partial charge in [0.15, 0.2) is 5.13 Å². The van der Waals surface area contributed by atoms with E-state index in [1.807, 2.05) is 43.5 Å². The van der Waals surface area contributed by atoms with E-state index in [4.69, 9.17) is 17.3 Å². The van der Waals surface area contributed by atoms with Crippen molar-refractivity contribution < 1.29 is 4.79 Å². The quantitative estimate of drug-likeness (QED) is 0.429. The van der Waals surface area contributed by atoms with Gasteiger partial charge < -0.3 is 11.1 Å². The van der Waals surface area contributed by atoms with Crippen LogP contribution < -0.4 is 11.1 Å². The third-order valence-corrected chi connectivity index (χ3v) is 6.56. The molecule has 1 aromatic carbocycles. The molecule has 0 saturated heterocycles. The lowest BCUT2D eigenvalue weighted by atomic mass is 9.94. The lowest BCUT2D eigenvalue weighted by molar-refractivity contribution is -0.115. The van der Waals surface area contributed by atoms with Gasteiger partial charge in [0.25, 0.3) is 0 Å². The highest BCUT2D eigenvalue weighted by Crippen LogP contribution is 2.33. The zero-order valence-electron chi connectivity index (χ0n) is 17.3. The average Bonchev–Trinajstić information content (AvgIpc) is 3.21. The summed E-state index contributed by atoms with van der Waals surface area (Å²) in [5, 5.41) is 25.1. The van der Waals surface area contributed by atoms with Crippen molar-refractivity contribution in [3.8, 4) is 23.4 Å². The van der Waals surface area contributed by atoms with Crippen LogP contribution in [0.2, 0.25) is 5.02 Å². The molecule has 0 bridgehead atoms. The van der Waals surface area contributed by atoms with Gasteiger partial charge in [-0.05, 0) is 17.5 Å². The van der Waals surface area contributed by atoms with Crippen molar-refractivity contribution in [1.82, 2.24) is 9.97 Å². The largest absolute Gasteiger partial charge is 0.383 e. The molecule has 0 unspecified atom stereocenters. The van der Waals surface area contributed by atoms with E-state index in [2.05, 4.69) is 21.4 Å². The van der Waals surface area contributed by atoms with Crippen molar-refractivity contribution in [1.29, 1.82) is 10.5 Å². The van der Waals surface area contributed by atoms with Crippen LogP contribution in [0.3, 0.4) is 0 Å². The summed E-state index contributed by atoms with van der Waals surface area (Å²) in [6.07, 6.45) is 0.190. The minimum Gasteiger partial charge on any atom is -0.383 e. The number of amides is 1. The van der Waals surface area contributed by atoms with Gasteiger partial charge in [0, 0.05) is 28.1 Å². The molecule has 3 rings (SSSR count). The van der Waals surface area contributed by atoms with Crippen LogP contribution in [0.1, 0.15) is 42.9 Å². The Kier molecular flexibility index (Phi) is 7.70. The topological polar surface area (TPSA) is 128 Å². The van der Waals surface area contributed by atoms with Crippen LogP contribution in [-0.4, -0.2) is 21.6 Å². The number of thioether (sulfide) groups is 1. The molecule has 2 aromatic heterocycles. The fourth-order valence-corrected chi connectivity index (χ4v) is 4.96. The van der Waals surface area contributed by atoms with E-state index in [9.17, 15) is 15.3 Å².